The van der Waals surface area contributed by atoms with Gasteiger partial charge in [-0.2, -0.15) is 0 Å². The molecule has 0 bridgehead atoms. The standard InChI is InChI=1S/C21H13Br2ClN2O4/c1-3-6-30-18-15(22)8-12(9-16(18)23)7-14-19(27)25-21(29)26(20(14)28)13-5-4-11(2)17(24)10-13/h1,4-5,7-10H,6H2,2H3,(H,25,27,29)/b14-7-. The minimum atomic E-state index is -0.845. The van der Waals surface area contributed by atoms with Crippen molar-refractivity contribution in [3.63, 3.8) is 0 Å². The molecule has 1 aliphatic rings. The Balaban J connectivity index is 2.00. The van der Waals surface area contributed by atoms with Crippen LogP contribution in [0.1, 0.15) is 11.1 Å². The highest BCUT2D eigenvalue weighted by molar-refractivity contribution is 9.11. The monoisotopic (exact) mass is 550 g/mol. The van der Waals surface area contributed by atoms with E-state index in [1.807, 2.05) is 0 Å². The molecule has 1 heterocycles. The minimum absolute atomic E-state index is 0.0781. The van der Waals surface area contributed by atoms with Crippen molar-refractivity contribution in [1.29, 1.82) is 0 Å². The van der Waals surface area contributed by atoms with Gasteiger partial charge < -0.3 is 4.74 Å². The van der Waals surface area contributed by atoms with Gasteiger partial charge in [-0.25, -0.2) is 9.69 Å². The third kappa shape index (κ3) is 4.43. The Morgan fingerprint density at radius 3 is 2.47 bits per heavy atom. The summed E-state index contributed by atoms with van der Waals surface area (Å²) in [6, 6.07) is 7.23. The highest BCUT2D eigenvalue weighted by Gasteiger charge is 2.37. The van der Waals surface area contributed by atoms with Gasteiger partial charge in [0.05, 0.1) is 14.6 Å². The average molecular weight is 553 g/mol. The molecule has 9 heteroatoms. The number of hydrogen-bond donors (Lipinski definition) is 1. The summed E-state index contributed by atoms with van der Waals surface area (Å²) in [5, 5.41) is 2.57. The Kier molecular flexibility index (Phi) is 6.66. The third-order valence-electron chi connectivity index (χ3n) is 4.15. The first-order valence-electron chi connectivity index (χ1n) is 8.46. The SMILES string of the molecule is C#CCOc1c(Br)cc(/C=C2/C(=O)NC(=O)N(c3ccc(C)c(Cl)c3)C2=O)cc1Br. The van der Waals surface area contributed by atoms with Crippen LogP contribution in [-0.4, -0.2) is 24.5 Å². The largest absolute Gasteiger partial charge is 0.479 e. The average Bonchev–Trinajstić information content (AvgIpc) is 2.67. The molecule has 0 saturated carbocycles. The van der Waals surface area contributed by atoms with Gasteiger partial charge in [0.2, 0.25) is 0 Å². The van der Waals surface area contributed by atoms with Crippen LogP contribution in [0.2, 0.25) is 5.02 Å². The summed E-state index contributed by atoms with van der Waals surface area (Å²) in [5.41, 5.74) is 1.37. The van der Waals surface area contributed by atoms with Crippen LogP contribution < -0.4 is 15.0 Å². The van der Waals surface area contributed by atoms with E-state index in [1.165, 1.54) is 12.1 Å². The van der Waals surface area contributed by atoms with E-state index in [9.17, 15) is 14.4 Å². The van der Waals surface area contributed by atoms with E-state index in [0.717, 1.165) is 10.5 Å². The number of urea groups is 1. The van der Waals surface area contributed by atoms with Gasteiger partial charge in [-0.3, -0.25) is 14.9 Å². The maximum Gasteiger partial charge on any atom is 0.335 e. The maximum absolute atomic E-state index is 13.0. The van der Waals surface area contributed by atoms with Crippen molar-refractivity contribution in [2.45, 2.75) is 6.92 Å². The molecule has 0 atom stereocenters. The van der Waals surface area contributed by atoms with Gasteiger partial charge in [-0.1, -0.05) is 23.6 Å². The number of aryl methyl sites for hydroxylation is 1. The predicted octanol–water partition coefficient (Wildman–Crippen LogP) is 4.85. The number of carbonyl (C=O) groups is 3. The van der Waals surface area contributed by atoms with Crippen LogP contribution in [0.25, 0.3) is 6.08 Å². The predicted molar refractivity (Wildman–Crippen MR) is 121 cm³/mol. The van der Waals surface area contributed by atoms with E-state index in [0.29, 0.717) is 25.3 Å². The molecule has 2 aromatic carbocycles. The van der Waals surface area contributed by atoms with E-state index in [1.54, 1.807) is 31.2 Å². The van der Waals surface area contributed by atoms with E-state index in [-0.39, 0.29) is 17.9 Å². The second kappa shape index (κ2) is 9.04. The Hall–Kier alpha value is -2.60. The molecule has 1 aliphatic heterocycles. The number of amides is 4. The van der Waals surface area contributed by atoms with Gasteiger partial charge in [0.1, 0.15) is 17.9 Å². The normalized spacial score (nSPS) is 15.2. The summed E-state index contributed by atoms with van der Waals surface area (Å²) in [7, 11) is 0. The summed E-state index contributed by atoms with van der Waals surface area (Å²) in [6.07, 6.45) is 6.60. The molecular weight excluding hydrogens is 540 g/mol. The van der Waals surface area contributed by atoms with E-state index < -0.39 is 17.8 Å². The molecule has 3 rings (SSSR count). The minimum Gasteiger partial charge on any atom is -0.479 e. The van der Waals surface area contributed by atoms with E-state index in [4.69, 9.17) is 22.8 Å². The Morgan fingerprint density at radius 1 is 1.20 bits per heavy atom. The van der Waals surface area contributed by atoms with Crippen LogP contribution in [0.15, 0.2) is 44.9 Å². The number of halogens is 3. The van der Waals surface area contributed by atoms with Gasteiger partial charge in [0.15, 0.2) is 0 Å². The van der Waals surface area contributed by atoms with Crippen molar-refractivity contribution in [2.75, 3.05) is 11.5 Å². The van der Waals surface area contributed by atoms with Crippen molar-refractivity contribution < 1.29 is 19.1 Å². The molecule has 30 heavy (non-hydrogen) atoms. The number of terminal acetylenes is 1. The van der Waals surface area contributed by atoms with Crippen LogP contribution in [0.4, 0.5) is 10.5 Å². The second-order valence-corrected chi connectivity index (χ2v) is 8.31. The molecule has 0 aromatic heterocycles. The fourth-order valence-electron chi connectivity index (χ4n) is 2.69. The summed E-state index contributed by atoms with van der Waals surface area (Å²) in [4.78, 5) is 38.5. The molecule has 6 nitrogen and oxygen atoms in total. The number of imide groups is 2. The number of hydrogen-bond acceptors (Lipinski definition) is 4. The van der Waals surface area contributed by atoms with Crippen molar-refractivity contribution >= 4 is 73.1 Å². The molecule has 0 spiro atoms. The maximum atomic E-state index is 13.0. The fourth-order valence-corrected chi connectivity index (χ4v) is 4.32. The lowest BCUT2D eigenvalue weighted by Crippen LogP contribution is -2.54. The van der Waals surface area contributed by atoms with Crippen LogP contribution in [0.3, 0.4) is 0 Å². The number of carbonyl (C=O) groups excluding carboxylic acids is 3. The number of benzene rings is 2. The number of ether oxygens (including phenoxy) is 1. The zero-order valence-corrected chi connectivity index (χ0v) is 19.4. The first-order valence-corrected chi connectivity index (χ1v) is 10.4. The van der Waals surface area contributed by atoms with Crippen LogP contribution in [0.5, 0.6) is 5.75 Å². The Morgan fingerprint density at radius 2 is 1.87 bits per heavy atom. The smallest absolute Gasteiger partial charge is 0.335 e. The fraction of sp³-hybridized carbons (Fsp3) is 0.0952. The highest BCUT2D eigenvalue weighted by Crippen LogP contribution is 2.36. The number of rotatable bonds is 4. The molecule has 1 fully saturated rings. The van der Waals surface area contributed by atoms with Gasteiger partial charge in [0, 0.05) is 5.02 Å². The molecule has 0 unspecified atom stereocenters. The van der Waals surface area contributed by atoms with Crippen LogP contribution in [-0.2, 0) is 9.59 Å². The molecule has 2 aromatic rings. The Labute approximate surface area is 194 Å². The summed E-state index contributed by atoms with van der Waals surface area (Å²) in [6.45, 7) is 1.88. The first-order chi connectivity index (χ1) is 14.2. The molecule has 152 valence electrons. The number of barbiturate groups is 1. The summed E-state index contributed by atoms with van der Waals surface area (Å²) in [5.74, 6) is 1.31. The van der Waals surface area contributed by atoms with E-state index >= 15 is 0 Å². The van der Waals surface area contributed by atoms with Crippen LogP contribution in [0, 0.1) is 19.3 Å². The second-order valence-electron chi connectivity index (χ2n) is 6.20. The van der Waals surface area contributed by atoms with Crippen molar-refractivity contribution in [3.05, 3.63) is 61.0 Å². The first kappa shape index (κ1) is 22.1. The van der Waals surface area contributed by atoms with Crippen molar-refractivity contribution in [2.24, 2.45) is 0 Å². The lowest BCUT2D eigenvalue weighted by atomic mass is 10.1. The highest BCUT2D eigenvalue weighted by atomic mass is 79.9. The number of anilines is 1. The van der Waals surface area contributed by atoms with Gasteiger partial charge in [-0.15, -0.1) is 6.42 Å². The number of nitrogens with zero attached hydrogens (tertiary/aromatic N) is 1. The van der Waals surface area contributed by atoms with Gasteiger partial charge in [-0.05, 0) is 80.3 Å². The lowest BCUT2D eigenvalue weighted by molar-refractivity contribution is -0.122. The lowest BCUT2D eigenvalue weighted by Gasteiger charge is -2.26. The Bertz CT molecular complexity index is 1130. The topological polar surface area (TPSA) is 75.7 Å². The summed E-state index contributed by atoms with van der Waals surface area (Å²) >= 11 is 12.9. The van der Waals surface area contributed by atoms with Gasteiger partial charge in [0.25, 0.3) is 11.8 Å². The molecule has 1 saturated heterocycles. The zero-order valence-electron chi connectivity index (χ0n) is 15.5. The van der Waals surface area contributed by atoms with Crippen LogP contribution >= 0.6 is 43.5 Å². The zero-order chi connectivity index (χ0) is 22.0. The van der Waals surface area contributed by atoms with Crippen molar-refractivity contribution in [3.8, 4) is 18.1 Å². The van der Waals surface area contributed by atoms with Crippen molar-refractivity contribution in [1.82, 2.24) is 5.32 Å². The molecule has 0 radical (unpaired) electrons. The third-order valence-corrected chi connectivity index (χ3v) is 5.73. The van der Waals surface area contributed by atoms with Gasteiger partial charge >= 0.3 is 6.03 Å². The quantitative estimate of drug-likeness (QED) is 0.334. The molecule has 0 aliphatic carbocycles. The van der Waals surface area contributed by atoms with E-state index in [2.05, 4.69) is 43.1 Å². The number of nitrogens with one attached hydrogen (secondary N) is 1. The molecule has 1 N–H and O–H groups in total. The summed E-state index contributed by atoms with van der Waals surface area (Å²) < 4.78 is 6.59. The molecular formula is C21H13Br2ClN2O4. The molecule has 4 amide bonds.